The third-order valence-electron chi connectivity index (χ3n) is 4.97. The van der Waals surface area contributed by atoms with Gasteiger partial charge in [-0.1, -0.05) is 23.4 Å². The van der Waals surface area contributed by atoms with Gasteiger partial charge in [-0.2, -0.15) is 4.98 Å². The molecule has 3 aromatic carbocycles. The van der Waals surface area contributed by atoms with Gasteiger partial charge in [-0.3, -0.25) is 4.79 Å². The average molecular weight is 429 g/mol. The van der Waals surface area contributed by atoms with Crippen LogP contribution < -0.4 is 14.8 Å². The van der Waals surface area contributed by atoms with Gasteiger partial charge in [0.25, 0.3) is 5.89 Å². The number of anilines is 1. The van der Waals surface area contributed by atoms with Gasteiger partial charge in [0, 0.05) is 23.2 Å². The lowest BCUT2D eigenvalue weighted by molar-refractivity contribution is -0.116. The van der Waals surface area contributed by atoms with Crippen molar-refractivity contribution >= 4 is 11.6 Å². The molecule has 0 saturated carbocycles. The van der Waals surface area contributed by atoms with Crippen LogP contribution in [0.5, 0.6) is 11.5 Å². The van der Waals surface area contributed by atoms with E-state index in [9.17, 15) is 4.79 Å². The second-order valence-electron chi connectivity index (χ2n) is 7.13. The zero-order valence-corrected chi connectivity index (χ0v) is 17.9. The Morgan fingerprint density at radius 3 is 2.38 bits per heavy atom. The molecule has 0 radical (unpaired) electrons. The molecule has 162 valence electrons. The molecule has 0 spiro atoms. The minimum Gasteiger partial charge on any atom is -0.497 e. The highest BCUT2D eigenvalue weighted by atomic mass is 16.5. The van der Waals surface area contributed by atoms with E-state index >= 15 is 0 Å². The number of aromatic nitrogens is 2. The minimum atomic E-state index is -0.0477. The van der Waals surface area contributed by atoms with E-state index in [0.29, 0.717) is 36.0 Å². The molecule has 4 rings (SSSR count). The molecule has 0 atom stereocenters. The van der Waals surface area contributed by atoms with Crippen molar-refractivity contribution in [3.8, 4) is 34.3 Å². The van der Waals surface area contributed by atoms with Crippen LogP contribution >= 0.6 is 0 Å². The van der Waals surface area contributed by atoms with Crippen LogP contribution in [-0.2, 0) is 11.2 Å². The van der Waals surface area contributed by atoms with E-state index in [4.69, 9.17) is 14.0 Å². The van der Waals surface area contributed by atoms with E-state index in [1.807, 2.05) is 72.8 Å². The predicted octanol–water partition coefficient (Wildman–Crippen LogP) is 4.99. The highest BCUT2D eigenvalue weighted by Crippen LogP contribution is 2.26. The molecule has 0 fully saturated rings. The van der Waals surface area contributed by atoms with Crippen LogP contribution in [-0.4, -0.2) is 30.3 Å². The van der Waals surface area contributed by atoms with Crippen LogP contribution in [0.2, 0.25) is 0 Å². The van der Waals surface area contributed by atoms with E-state index in [2.05, 4.69) is 15.5 Å². The minimum absolute atomic E-state index is 0.0477. The van der Waals surface area contributed by atoms with Crippen molar-refractivity contribution in [2.75, 3.05) is 19.5 Å². The van der Waals surface area contributed by atoms with Crippen LogP contribution in [0.4, 0.5) is 5.69 Å². The molecule has 1 aromatic heterocycles. The first kappa shape index (κ1) is 21.1. The number of ether oxygens (including phenoxy) is 2. The summed E-state index contributed by atoms with van der Waals surface area (Å²) in [6.07, 6.45) is 1.05. The number of methoxy groups -OCH3 is 2. The summed E-state index contributed by atoms with van der Waals surface area (Å²) in [7, 11) is 3.24. The Balaban J connectivity index is 1.35. The number of benzene rings is 3. The fourth-order valence-electron chi connectivity index (χ4n) is 3.19. The molecule has 1 heterocycles. The third-order valence-corrected chi connectivity index (χ3v) is 4.97. The number of hydrogen-bond acceptors (Lipinski definition) is 6. The van der Waals surface area contributed by atoms with Gasteiger partial charge in [0.1, 0.15) is 11.5 Å². The normalized spacial score (nSPS) is 10.6. The molecule has 0 aliphatic carbocycles. The molecule has 32 heavy (non-hydrogen) atoms. The lowest BCUT2D eigenvalue weighted by atomic mass is 10.1. The lowest BCUT2D eigenvalue weighted by Crippen LogP contribution is -2.12. The third kappa shape index (κ3) is 5.13. The second kappa shape index (κ2) is 9.78. The van der Waals surface area contributed by atoms with Gasteiger partial charge in [-0.05, 0) is 66.6 Å². The molecule has 0 unspecified atom stereocenters. The Morgan fingerprint density at radius 1 is 0.906 bits per heavy atom. The highest BCUT2D eigenvalue weighted by molar-refractivity contribution is 5.91. The summed E-state index contributed by atoms with van der Waals surface area (Å²) in [4.78, 5) is 16.8. The van der Waals surface area contributed by atoms with Crippen LogP contribution in [0, 0.1) is 0 Å². The monoisotopic (exact) mass is 429 g/mol. The van der Waals surface area contributed by atoms with Gasteiger partial charge in [0.15, 0.2) is 0 Å². The fourth-order valence-corrected chi connectivity index (χ4v) is 3.19. The van der Waals surface area contributed by atoms with E-state index < -0.39 is 0 Å². The zero-order chi connectivity index (χ0) is 22.3. The summed E-state index contributed by atoms with van der Waals surface area (Å²) < 4.78 is 15.8. The Kier molecular flexibility index (Phi) is 6.46. The molecular formula is C25H23N3O4. The standard InChI is InChI=1S/C25H23N3O4/c1-30-21-13-6-17(7-14-21)8-15-23(29)26-20-11-9-18(10-12-20)24-27-25(32-28-24)19-4-3-5-22(16-19)31-2/h3-7,9-14,16H,8,15H2,1-2H3,(H,26,29). The largest absolute Gasteiger partial charge is 0.497 e. The molecule has 0 aliphatic heterocycles. The molecule has 0 saturated heterocycles. The number of hydrogen-bond donors (Lipinski definition) is 1. The summed E-state index contributed by atoms with van der Waals surface area (Å²) in [5, 5.41) is 6.98. The van der Waals surface area contributed by atoms with Gasteiger partial charge < -0.3 is 19.3 Å². The molecule has 7 heteroatoms. The first-order chi connectivity index (χ1) is 15.6. The van der Waals surface area contributed by atoms with Crippen molar-refractivity contribution in [3.63, 3.8) is 0 Å². The van der Waals surface area contributed by atoms with E-state index in [1.54, 1.807) is 14.2 Å². The number of carbonyl (C=O) groups excluding carboxylic acids is 1. The van der Waals surface area contributed by atoms with Gasteiger partial charge in [-0.25, -0.2) is 0 Å². The summed E-state index contributed by atoms with van der Waals surface area (Å²) in [5.41, 5.74) is 3.37. The predicted molar refractivity (Wildman–Crippen MR) is 122 cm³/mol. The summed E-state index contributed by atoms with van der Waals surface area (Å²) in [5.74, 6) is 2.35. The zero-order valence-electron chi connectivity index (χ0n) is 17.9. The quantitative estimate of drug-likeness (QED) is 0.425. The van der Waals surface area contributed by atoms with Gasteiger partial charge in [-0.15, -0.1) is 0 Å². The number of amides is 1. The summed E-state index contributed by atoms with van der Waals surface area (Å²) in [6, 6.07) is 22.5. The second-order valence-corrected chi connectivity index (χ2v) is 7.13. The molecule has 0 bridgehead atoms. The van der Waals surface area contributed by atoms with Crippen molar-refractivity contribution in [2.24, 2.45) is 0 Å². The number of rotatable bonds is 8. The molecule has 0 aliphatic rings. The Morgan fingerprint density at radius 2 is 1.66 bits per heavy atom. The van der Waals surface area contributed by atoms with Crippen molar-refractivity contribution in [2.45, 2.75) is 12.8 Å². The number of nitrogens with one attached hydrogen (secondary N) is 1. The topological polar surface area (TPSA) is 86.5 Å². The van der Waals surface area contributed by atoms with E-state index in [0.717, 1.165) is 22.4 Å². The molecule has 4 aromatic rings. The Bertz CT molecular complexity index is 1180. The number of aryl methyl sites for hydroxylation is 1. The number of carbonyl (C=O) groups is 1. The fraction of sp³-hybridized carbons (Fsp3) is 0.160. The molecule has 1 N–H and O–H groups in total. The van der Waals surface area contributed by atoms with Crippen molar-refractivity contribution < 1.29 is 18.8 Å². The van der Waals surface area contributed by atoms with Gasteiger partial charge in [0.05, 0.1) is 14.2 Å². The van der Waals surface area contributed by atoms with Crippen molar-refractivity contribution in [3.05, 3.63) is 78.4 Å². The Labute approximate surface area is 186 Å². The maximum absolute atomic E-state index is 12.3. The van der Waals surface area contributed by atoms with E-state index in [1.165, 1.54) is 0 Å². The van der Waals surface area contributed by atoms with Crippen molar-refractivity contribution in [1.29, 1.82) is 0 Å². The summed E-state index contributed by atoms with van der Waals surface area (Å²) >= 11 is 0. The van der Waals surface area contributed by atoms with Crippen LogP contribution in [0.15, 0.2) is 77.3 Å². The van der Waals surface area contributed by atoms with E-state index in [-0.39, 0.29) is 5.91 Å². The molecule has 7 nitrogen and oxygen atoms in total. The van der Waals surface area contributed by atoms with Crippen molar-refractivity contribution in [1.82, 2.24) is 10.1 Å². The van der Waals surface area contributed by atoms with Gasteiger partial charge >= 0.3 is 0 Å². The molecule has 1 amide bonds. The maximum Gasteiger partial charge on any atom is 0.258 e. The smallest absolute Gasteiger partial charge is 0.258 e. The lowest BCUT2D eigenvalue weighted by Gasteiger charge is -2.06. The molecular weight excluding hydrogens is 406 g/mol. The van der Waals surface area contributed by atoms with Gasteiger partial charge in [0.2, 0.25) is 11.7 Å². The van der Waals surface area contributed by atoms with Crippen LogP contribution in [0.3, 0.4) is 0 Å². The first-order valence-corrected chi connectivity index (χ1v) is 10.2. The number of nitrogens with zero attached hydrogens (tertiary/aromatic N) is 2. The average Bonchev–Trinajstić information content (AvgIpc) is 3.34. The van der Waals surface area contributed by atoms with Crippen LogP contribution in [0.25, 0.3) is 22.8 Å². The SMILES string of the molecule is COc1ccc(CCC(=O)Nc2ccc(-c3noc(-c4cccc(OC)c4)n3)cc2)cc1. The van der Waals surface area contributed by atoms with Crippen LogP contribution in [0.1, 0.15) is 12.0 Å². The highest BCUT2D eigenvalue weighted by Gasteiger charge is 2.12. The maximum atomic E-state index is 12.3. The summed E-state index contributed by atoms with van der Waals surface area (Å²) in [6.45, 7) is 0. The Hall–Kier alpha value is -4.13. The first-order valence-electron chi connectivity index (χ1n) is 10.2.